The Balaban J connectivity index is 2.25. The highest BCUT2D eigenvalue weighted by Crippen LogP contribution is 2.29. The van der Waals surface area contributed by atoms with Crippen molar-refractivity contribution in [3.63, 3.8) is 0 Å². The van der Waals surface area contributed by atoms with E-state index in [0.29, 0.717) is 17.8 Å². The van der Waals surface area contributed by atoms with Crippen molar-refractivity contribution in [1.29, 1.82) is 0 Å². The fourth-order valence-electron chi connectivity index (χ4n) is 1.55. The molecule has 0 aromatic carbocycles. The Bertz CT molecular complexity index is 548. The highest BCUT2D eigenvalue weighted by Gasteiger charge is 2.32. The third-order valence-corrected chi connectivity index (χ3v) is 2.67. The van der Waals surface area contributed by atoms with E-state index in [0.717, 1.165) is 17.1 Å². The average Bonchev–Trinajstić information content (AvgIpc) is 2.87. The number of aliphatic hydroxyl groups excluding tert-OH is 1. The molecule has 0 saturated carbocycles. The minimum Gasteiger partial charge on any atom is -0.387 e. The van der Waals surface area contributed by atoms with E-state index in [4.69, 9.17) is 0 Å². The lowest BCUT2D eigenvalue weighted by Gasteiger charge is -2.07. The van der Waals surface area contributed by atoms with Gasteiger partial charge >= 0.3 is 6.18 Å². The fraction of sp³-hybridized carbons (Fsp3) is 0.333. The lowest BCUT2D eigenvalue weighted by atomic mass is 10.2. The first kappa shape index (κ1) is 13.5. The van der Waals surface area contributed by atoms with Crippen molar-refractivity contribution >= 4 is 0 Å². The maximum Gasteiger partial charge on any atom is 0.419 e. The van der Waals surface area contributed by atoms with Gasteiger partial charge in [-0.2, -0.15) is 18.3 Å². The molecule has 0 amide bonds. The van der Waals surface area contributed by atoms with Crippen LogP contribution in [0, 0.1) is 0 Å². The summed E-state index contributed by atoms with van der Waals surface area (Å²) in [6, 6.07) is 3.13. The molecular formula is C12H12F3N3O. The molecule has 0 spiro atoms. The predicted octanol–water partition coefficient (Wildman–Crippen LogP) is 2.73. The van der Waals surface area contributed by atoms with Gasteiger partial charge < -0.3 is 5.11 Å². The van der Waals surface area contributed by atoms with Crippen molar-refractivity contribution in [3.05, 3.63) is 42.0 Å². The second-order valence-corrected chi connectivity index (χ2v) is 4.04. The van der Waals surface area contributed by atoms with Crippen molar-refractivity contribution in [2.45, 2.75) is 25.6 Å². The lowest BCUT2D eigenvalue weighted by Crippen LogP contribution is -2.03. The number of halogens is 3. The third-order valence-electron chi connectivity index (χ3n) is 2.67. The molecule has 4 nitrogen and oxygen atoms in total. The summed E-state index contributed by atoms with van der Waals surface area (Å²) < 4.78 is 38.4. The van der Waals surface area contributed by atoms with Crippen LogP contribution in [0.1, 0.15) is 30.7 Å². The molecule has 0 unspecified atom stereocenters. The normalized spacial score (nSPS) is 13.5. The number of alkyl halides is 3. The van der Waals surface area contributed by atoms with Gasteiger partial charge in [-0.05, 0) is 18.6 Å². The first-order chi connectivity index (χ1) is 8.91. The van der Waals surface area contributed by atoms with Crippen LogP contribution in [0.5, 0.6) is 0 Å². The molecule has 19 heavy (non-hydrogen) atoms. The van der Waals surface area contributed by atoms with Crippen LogP contribution in [0.3, 0.4) is 0 Å². The van der Waals surface area contributed by atoms with Gasteiger partial charge in [0.05, 0.1) is 35.4 Å². The lowest BCUT2D eigenvalue weighted by molar-refractivity contribution is -0.137. The molecule has 2 aromatic rings. The zero-order valence-electron chi connectivity index (χ0n) is 10.1. The Hall–Kier alpha value is -1.89. The largest absolute Gasteiger partial charge is 0.419 e. The number of pyridine rings is 1. The summed E-state index contributed by atoms with van der Waals surface area (Å²) in [6.07, 6.45) is -1.53. The van der Waals surface area contributed by atoms with Crippen LogP contribution in [0.15, 0.2) is 30.7 Å². The van der Waals surface area contributed by atoms with Gasteiger partial charge in [-0.25, -0.2) is 4.68 Å². The van der Waals surface area contributed by atoms with Crippen LogP contribution in [0.4, 0.5) is 13.2 Å². The standard InChI is InChI=1S/C12H12F3N3O/c1-2-11(19)10-4-3-9(6-16-10)18-7-8(5-17-18)12(13,14)15/h3-7,11,19H,2H2,1H3/t11-/m1/s1. The second kappa shape index (κ2) is 5.00. The molecule has 2 heterocycles. The van der Waals surface area contributed by atoms with Crippen LogP contribution in [0.25, 0.3) is 5.69 Å². The first-order valence-electron chi connectivity index (χ1n) is 5.68. The Labute approximate surface area is 107 Å². The van der Waals surface area contributed by atoms with Crippen molar-refractivity contribution in [2.24, 2.45) is 0 Å². The summed E-state index contributed by atoms with van der Waals surface area (Å²) in [5, 5.41) is 13.2. The third kappa shape index (κ3) is 2.93. The number of rotatable bonds is 3. The van der Waals surface area contributed by atoms with Gasteiger partial charge in [-0.15, -0.1) is 0 Å². The van der Waals surface area contributed by atoms with Crippen molar-refractivity contribution < 1.29 is 18.3 Å². The van der Waals surface area contributed by atoms with Gasteiger partial charge in [0.15, 0.2) is 0 Å². The summed E-state index contributed by atoms with van der Waals surface area (Å²) >= 11 is 0. The molecule has 0 aliphatic carbocycles. The zero-order valence-corrected chi connectivity index (χ0v) is 10.1. The quantitative estimate of drug-likeness (QED) is 0.933. The smallest absolute Gasteiger partial charge is 0.387 e. The molecule has 0 saturated heterocycles. The summed E-state index contributed by atoms with van der Waals surface area (Å²) in [6.45, 7) is 1.81. The van der Waals surface area contributed by atoms with E-state index in [1.807, 2.05) is 6.92 Å². The van der Waals surface area contributed by atoms with Crippen molar-refractivity contribution in [2.75, 3.05) is 0 Å². The Morgan fingerprint density at radius 2 is 2.05 bits per heavy atom. The van der Waals surface area contributed by atoms with E-state index >= 15 is 0 Å². The number of nitrogens with zero attached hydrogens (tertiary/aromatic N) is 3. The van der Waals surface area contributed by atoms with Crippen LogP contribution < -0.4 is 0 Å². The van der Waals surface area contributed by atoms with E-state index in [9.17, 15) is 18.3 Å². The Kier molecular flexibility index (Phi) is 3.57. The number of hydrogen-bond donors (Lipinski definition) is 1. The monoisotopic (exact) mass is 271 g/mol. The van der Waals surface area contributed by atoms with E-state index in [2.05, 4.69) is 10.1 Å². The maximum atomic E-state index is 12.4. The molecule has 0 radical (unpaired) electrons. The van der Waals surface area contributed by atoms with Crippen LogP contribution >= 0.6 is 0 Å². The molecule has 0 bridgehead atoms. The van der Waals surface area contributed by atoms with Crippen LogP contribution in [-0.4, -0.2) is 19.9 Å². The summed E-state index contributed by atoms with van der Waals surface area (Å²) in [5.74, 6) is 0. The fourth-order valence-corrected chi connectivity index (χ4v) is 1.55. The van der Waals surface area contributed by atoms with Crippen LogP contribution in [-0.2, 0) is 6.18 Å². The van der Waals surface area contributed by atoms with Gasteiger partial charge in [0.1, 0.15) is 0 Å². The molecule has 1 atom stereocenters. The zero-order chi connectivity index (χ0) is 14.0. The topological polar surface area (TPSA) is 50.9 Å². The Morgan fingerprint density at radius 1 is 1.32 bits per heavy atom. The summed E-state index contributed by atoms with van der Waals surface area (Å²) in [5.41, 5.74) is 0.0715. The molecule has 0 aliphatic heterocycles. The van der Waals surface area contributed by atoms with Crippen molar-refractivity contribution in [1.82, 2.24) is 14.8 Å². The minimum atomic E-state index is -4.41. The summed E-state index contributed by atoms with van der Waals surface area (Å²) in [4.78, 5) is 4.01. The molecule has 7 heteroatoms. The van der Waals surface area contributed by atoms with E-state index < -0.39 is 17.8 Å². The van der Waals surface area contributed by atoms with Gasteiger partial charge in [0, 0.05) is 6.20 Å². The molecule has 1 N–H and O–H groups in total. The van der Waals surface area contributed by atoms with E-state index in [-0.39, 0.29) is 0 Å². The highest BCUT2D eigenvalue weighted by atomic mass is 19.4. The number of aromatic nitrogens is 3. The van der Waals surface area contributed by atoms with Gasteiger partial charge in [-0.1, -0.05) is 6.92 Å². The van der Waals surface area contributed by atoms with E-state index in [1.54, 1.807) is 12.1 Å². The van der Waals surface area contributed by atoms with Gasteiger partial charge in [-0.3, -0.25) is 4.98 Å². The van der Waals surface area contributed by atoms with Crippen molar-refractivity contribution in [3.8, 4) is 5.69 Å². The minimum absolute atomic E-state index is 0.405. The predicted molar refractivity (Wildman–Crippen MR) is 61.6 cm³/mol. The summed E-state index contributed by atoms with van der Waals surface area (Å²) in [7, 11) is 0. The molecular weight excluding hydrogens is 259 g/mol. The molecule has 0 fully saturated rings. The first-order valence-corrected chi connectivity index (χ1v) is 5.68. The molecule has 0 aliphatic rings. The molecule has 102 valence electrons. The number of aliphatic hydroxyl groups is 1. The van der Waals surface area contributed by atoms with Gasteiger partial charge in [0.2, 0.25) is 0 Å². The average molecular weight is 271 g/mol. The van der Waals surface area contributed by atoms with Crippen LogP contribution in [0.2, 0.25) is 0 Å². The maximum absolute atomic E-state index is 12.4. The number of hydrogen-bond acceptors (Lipinski definition) is 3. The highest BCUT2D eigenvalue weighted by molar-refractivity contribution is 5.30. The second-order valence-electron chi connectivity index (χ2n) is 4.04. The SMILES string of the molecule is CC[C@@H](O)c1ccc(-n2cc(C(F)(F)F)cn2)cn1. The Morgan fingerprint density at radius 3 is 2.53 bits per heavy atom. The molecule has 2 rings (SSSR count). The van der Waals surface area contributed by atoms with Gasteiger partial charge in [0.25, 0.3) is 0 Å². The van der Waals surface area contributed by atoms with E-state index in [1.165, 1.54) is 6.20 Å². The molecule has 2 aromatic heterocycles.